The van der Waals surface area contributed by atoms with Gasteiger partial charge in [-0.05, 0) is 35.9 Å². The number of nitrogens with zero attached hydrogens (tertiary/aromatic N) is 3. The van der Waals surface area contributed by atoms with Gasteiger partial charge in [0.25, 0.3) is 5.91 Å². The fourth-order valence-corrected chi connectivity index (χ4v) is 2.97. The number of nitrogens with one attached hydrogen (secondary N) is 1. The fraction of sp³-hybridized carbons (Fsp3) is 0.143. The van der Waals surface area contributed by atoms with Gasteiger partial charge < -0.3 is 14.6 Å². The maximum Gasteiger partial charge on any atom is 0.339 e. The van der Waals surface area contributed by atoms with Gasteiger partial charge in [-0.15, -0.1) is 0 Å². The summed E-state index contributed by atoms with van der Waals surface area (Å²) in [7, 11) is 3.01. The van der Waals surface area contributed by atoms with Crippen LogP contribution >= 0.6 is 0 Å². The van der Waals surface area contributed by atoms with Crippen molar-refractivity contribution in [2.75, 3.05) is 7.11 Å². The molecule has 2 aromatic carbocycles. The number of carbonyl (C=O) groups is 2. The molecular weight excluding hydrogens is 356 g/mol. The lowest BCUT2D eigenvalue weighted by Gasteiger charge is -2.08. The molecule has 1 aromatic heterocycles. The highest BCUT2D eigenvalue weighted by molar-refractivity contribution is 5.99. The van der Waals surface area contributed by atoms with Crippen LogP contribution in [0, 0.1) is 22.7 Å². The molecule has 28 heavy (non-hydrogen) atoms. The maximum absolute atomic E-state index is 12.6. The Morgan fingerprint density at radius 1 is 1.11 bits per heavy atom. The van der Waals surface area contributed by atoms with Crippen molar-refractivity contribution >= 4 is 22.8 Å². The molecule has 138 valence electrons. The summed E-state index contributed by atoms with van der Waals surface area (Å²) in [5.41, 5.74) is 2.82. The predicted octanol–water partition coefficient (Wildman–Crippen LogP) is 2.64. The molecule has 0 aliphatic carbocycles. The van der Waals surface area contributed by atoms with Gasteiger partial charge >= 0.3 is 5.97 Å². The second kappa shape index (κ2) is 7.65. The van der Waals surface area contributed by atoms with Crippen molar-refractivity contribution in [1.82, 2.24) is 9.88 Å². The number of aromatic nitrogens is 1. The number of amides is 1. The number of aryl methyl sites for hydroxylation is 1. The third-order valence-electron chi connectivity index (χ3n) is 4.47. The molecule has 0 radical (unpaired) electrons. The monoisotopic (exact) mass is 372 g/mol. The van der Waals surface area contributed by atoms with E-state index in [1.807, 2.05) is 6.07 Å². The highest BCUT2D eigenvalue weighted by Crippen LogP contribution is 2.20. The first-order valence-corrected chi connectivity index (χ1v) is 8.37. The quantitative estimate of drug-likeness (QED) is 0.708. The van der Waals surface area contributed by atoms with E-state index in [0.717, 1.165) is 10.9 Å². The number of ether oxygens (including phenoxy) is 1. The minimum absolute atomic E-state index is 0.182. The molecule has 7 heteroatoms. The maximum atomic E-state index is 12.6. The Bertz CT molecular complexity index is 1180. The minimum atomic E-state index is -0.584. The number of fused-ring (bicyclic) bond motifs is 1. The van der Waals surface area contributed by atoms with Crippen LogP contribution in [-0.4, -0.2) is 23.6 Å². The highest BCUT2D eigenvalue weighted by atomic mass is 16.5. The van der Waals surface area contributed by atoms with E-state index < -0.39 is 5.97 Å². The summed E-state index contributed by atoms with van der Waals surface area (Å²) in [6.45, 7) is 0.194. The molecule has 0 fully saturated rings. The van der Waals surface area contributed by atoms with E-state index in [0.29, 0.717) is 16.8 Å². The largest absolute Gasteiger partial charge is 0.465 e. The second-order valence-corrected chi connectivity index (χ2v) is 6.14. The van der Waals surface area contributed by atoms with Crippen LogP contribution in [0.5, 0.6) is 0 Å². The van der Waals surface area contributed by atoms with E-state index in [-0.39, 0.29) is 23.6 Å². The van der Waals surface area contributed by atoms with Crippen molar-refractivity contribution in [3.63, 3.8) is 0 Å². The normalized spacial score (nSPS) is 10.1. The first kappa shape index (κ1) is 18.7. The van der Waals surface area contributed by atoms with Gasteiger partial charge in [0.05, 0.1) is 29.9 Å². The predicted molar refractivity (Wildman–Crippen MR) is 101 cm³/mol. The summed E-state index contributed by atoms with van der Waals surface area (Å²) in [6.07, 6.45) is 0. The molecule has 0 aliphatic rings. The summed E-state index contributed by atoms with van der Waals surface area (Å²) >= 11 is 0. The summed E-state index contributed by atoms with van der Waals surface area (Å²) in [5, 5.41) is 21.9. The average molecular weight is 372 g/mol. The number of rotatable bonds is 4. The van der Waals surface area contributed by atoms with Gasteiger partial charge in [-0.2, -0.15) is 10.5 Å². The third kappa shape index (κ3) is 3.42. The van der Waals surface area contributed by atoms with E-state index in [9.17, 15) is 14.9 Å². The van der Waals surface area contributed by atoms with E-state index in [2.05, 4.69) is 16.1 Å². The highest BCUT2D eigenvalue weighted by Gasteiger charge is 2.15. The lowest BCUT2D eigenvalue weighted by molar-refractivity contribution is 0.0600. The molecule has 3 rings (SSSR count). The molecule has 0 spiro atoms. The molecular formula is C21H16N4O3. The van der Waals surface area contributed by atoms with E-state index in [1.54, 1.807) is 48.0 Å². The summed E-state index contributed by atoms with van der Waals surface area (Å²) in [4.78, 5) is 24.3. The van der Waals surface area contributed by atoms with E-state index in [4.69, 9.17) is 5.26 Å². The van der Waals surface area contributed by atoms with Gasteiger partial charge in [-0.1, -0.05) is 12.1 Å². The van der Waals surface area contributed by atoms with Crippen LogP contribution in [-0.2, 0) is 18.3 Å². The number of benzene rings is 2. The van der Waals surface area contributed by atoms with Crippen molar-refractivity contribution in [3.8, 4) is 12.1 Å². The molecule has 7 nitrogen and oxygen atoms in total. The van der Waals surface area contributed by atoms with Crippen LogP contribution in [0.3, 0.4) is 0 Å². The molecule has 1 heterocycles. The molecule has 0 saturated carbocycles. The van der Waals surface area contributed by atoms with Crippen molar-refractivity contribution < 1.29 is 14.3 Å². The fourth-order valence-electron chi connectivity index (χ4n) is 2.97. The molecule has 3 aromatic rings. The molecule has 1 N–H and O–H groups in total. The summed E-state index contributed by atoms with van der Waals surface area (Å²) in [6, 6.07) is 15.8. The van der Waals surface area contributed by atoms with Gasteiger partial charge in [-0.3, -0.25) is 4.79 Å². The van der Waals surface area contributed by atoms with Crippen LogP contribution in [0.25, 0.3) is 10.9 Å². The molecule has 0 unspecified atom stereocenters. The number of hydrogen-bond donors (Lipinski definition) is 1. The average Bonchev–Trinajstić information content (AvgIpc) is 3.07. The van der Waals surface area contributed by atoms with Crippen LogP contribution in [0.15, 0.2) is 42.5 Å². The Balaban J connectivity index is 1.80. The van der Waals surface area contributed by atoms with E-state index >= 15 is 0 Å². The van der Waals surface area contributed by atoms with Crippen LogP contribution in [0.1, 0.15) is 37.5 Å². The molecule has 0 saturated heterocycles. The van der Waals surface area contributed by atoms with Crippen LogP contribution < -0.4 is 5.32 Å². The van der Waals surface area contributed by atoms with Crippen LogP contribution in [0.2, 0.25) is 0 Å². The SMILES string of the molecule is COC(=O)c1ccc(CNC(=O)c2cc3ccc(C#N)cc3n2C)cc1C#N. The van der Waals surface area contributed by atoms with Gasteiger partial charge in [0.15, 0.2) is 0 Å². The Morgan fingerprint density at radius 3 is 2.57 bits per heavy atom. The van der Waals surface area contributed by atoms with Gasteiger partial charge in [-0.25, -0.2) is 4.79 Å². The zero-order chi connectivity index (χ0) is 20.3. The van der Waals surface area contributed by atoms with Crippen molar-refractivity contribution in [2.24, 2.45) is 7.05 Å². The van der Waals surface area contributed by atoms with E-state index in [1.165, 1.54) is 13.2 Å². The van der Waals surface area contributed by atoms with Crippen molar-refractivity contribution in [1.29, 1.82) is 10.5 Å². The zero-order valence-corrected chi connectivity index (χ0v) is 15.3. The Morgan fingerprint density at radius 2 is 1.89 bits per heavy atom. The first-order valence-electron chi connectivity index (χ1n) is 8.37. The minimum Gasteiger partial charge on any atom is -0.465 e. The Kier molecular flexibility index (Phi) is 5.10. The Hall–Kier alpha value is -4.10. The molecule has 0 atom stereocenters. The zero-order valence-electron chi connectivity index (χ0n) is 15.3. The van der Waals surface area contributed by atoms with Crippen LogP contribution in [0.4, 0.5) is 0 Å². The van der Waals surface area contributed by atoms with Gasteiger partial charge in [0.1, 0.15) is 11.8 Å². The molecule has 0 aliphatic heterocycles. The van der Waals surface area contributed by atoms with Crippen molar-refractivity contribution in [3.05, 3.63) is 70.4 Å². The van der Waals surface area contributed by atoms with Gasteiger partial charge in [0.2, 0.25) is 0 Å². The smallest absolute Gasteiger partial charge is 0.339 e. The number of hydrogen-bond acceptors (Lipinski definition) is 5. The summed E-state index contributed by atoms with van der Waals surface area (Å²) in [5.74, 6) is -0.868. The van der Waals surface area contributed by atoms with Crippen molar-refractivity contribution in [2.45, 2.75) is 6.54 Å². The first-order chi connectivity index (χ1) is 13.5. The second-order valence-electron chi connectivity index (χ2n) is 6.14. The third-order valence-corrected chi connectivity index (χ3v) is 4.47. The topological polar surface area (TPSA) is 108 Å². The Labute approximate surface area is 161 Å². The lowest BCUT2D eigenvalue weighted by Crippen LogP contribution is -2.25. The number of nitriles is 2. The van der Waals surface area contributed by atoms with Gasteiger partial charge in [0, 0.05) is 24.5 Å². The number of esters is 1. The standard InChI is InChI=1S/C21H16N4O3/c1-25-18-8-13(10-22)3-5-15(18)9-19(25)20(26)24-12-14-4-6-17(21(27)28-2)16(7-14)11-23/h3-9H,12H2,1-2H3,(H,24,26). The lowest BCUT2D eigenvalue weighted by atomic mass is 10.0. The number of carbonyl (C=O) groups excluding carboxylic acids is 2. The molecule has 0 bridgehead atoms. The summed E-state index contributed by atoms with van der Waals surface area (Å²) < 4.78 is 6.38. The molecule has 1 amide bonds. The number of methoxy groups -OCH3 is 1.